The highest BCUT2D eigenvalue weighted by molar-refractivity contribution is 5.95. The SMILES string of the molecule is CCCCOC(=O)N[C@@H](CNC(=O)CN1CCN(c2ccc(C(=N)N)cc2)CC1=O)C(=O)OCC. The fraction of sp³-hybridized carbons (Fsp3) is 0.522. The number of carbonyl (C=O) groups excluding carboxylic acids is 4. The molecule has 1 atom stereocenters. The van der Waals surface area contributed by atoms with Crippen molar-refractivity contribution in [3.63, 3.8) is 0 Å². The van der Waals surface area contributed by atoms with Crippen LogP contribution >= 0.6 is 0 Å². The van der Waals surface area contributed by atoms with Crippen molar-refractivity contribution in [3.05, 3.63) is 29.8 Å². The molecule has 2 rings (SSSR count). The molecule has 1 aliphatic rings. The van der Waals surface area contributed by atoms with Gasteiger partial charge in [0.1, 0.15) is 11.9 Å². The normalized spacial score (nSPS) is 14.2. The van der Waals surface area contributed by atoms with Crippen LogP contribution in [-0.4, -0.2) is 86.6 Å². The summed E-state index contributed by atoms with van der Waals surface area (Å²) in [4.78, 5) is 52.4. The van der Waals surface area contributed by atoms with Gasteiger partial charge in [0.15, 0.2) is 0 Å². The van der Waals surface area contributed by atoms with E-state index in [4.69, 9.17) is 20.6 Å². The Morgan fingerprint density at radius 2 is 1.86 bits per heavy atom. The summed E-state index contributed by atoms with van der Waals surface area (Å²) in [7, 11) is 0. The summed E-state index contributed by atoms with van der Waals surface area (Å²) in [5.41, 5.74) is 6.89. The number of anilines is 1. The van der Waals surface area contributed by atoms with Crippen LogP contribution in [-0.2, 0) is 23.9 Å². The monoisotopic (exact) mass is 490 g/mol. The van der Waals surface area contributed by atoms with Crippen molar-refractivity contribution in [1.29, 1.82) is 5.41 Å². The Hall–Kier alpha value is -3.83. The molecule has 1 heterocycles. The maximum absolute atomic E-state index is 12.6. The van der Waals surface area contributed by atoms with E-state index in [1.54, 1.807) is 31.2 Å². The first-order chi connectivity index (χ1) is 16.7. The molecule has 3 amide bonds. The number of nitrogen functional groups attached to an aromatic ring is 1. The quantitative estimate of drug-likeness (QED) is 0.139. The minimum Gasteiger partial charge on any atom is -0.464 e. The number of nitrogens with zero attached hydrogens (tertiary/aromatic N) is 2. The smallest absolute Gasteiger partial charge is 0.407 e. The number of alkyl carbamates (subject to hydrolysis) is 1. The Morgan fingerprint density at radius 3 is 2.46 bits per heavy atom. The first-order valence-corrected chi connectivity index (χ1v) is 11.6. The Labute approximate surface area is 204 Å². The molecule has 0 bridgehead atoms. The highest BCUT2D eigenvalue weighted by atomic mass is 16.6. The van der Waals surface area contributed by atoms with Crippen LogP contribution in [0.1, 0.15) is 32.3 Å². The number of esters is 1. The number of carbonyl (C=O) groups is 4. The highest BCUT2D eigenvalue weighted by Gasteiger charge is 2.27. The van der Waals surface area contributed by atoms with Gasteiger partial charge >= 0.3 is 12.1 Å². The van der Waals surface area contributed by atoms with Crippen LogP contribution in [0.15, 0.2) is 24.3 Å². The van der Waals surface area contributed by atoms with E-state index in [-0.39, 0.29) is 44.6 Å². The molecule has 12 heteroatoms. The fourth-order valence-corrected chi connectivity index (χ4v) is 3.32. The van der Waals surface area contributed by atoms with Crippen molar-refractivity contribution in [2.75, 3.05) is 50.8 Å². The van der Waals surface area contributed by atoms with E-state index in [2.05, 4.69) is 10.6 Å². The molecule has 0 unspecified atom stereocenters. The summed E-state index contributed by atoms with van der Waals surface area (Å²) in [6.45, 7) is 4.52. The largest absolute Gasteiger partial charge is 0.464 e. The second-order valence-corrected chi connectivity index (χ2v) is 7.94. The number of nitrogens with two attached hydrogens (primary N) is 1. The van der Waals surface area contributed by atoms with Gasteiger partial charge in [-0.2, -0.15) is 0 Å². The van der Waals surface area contributed by atoms with Gasteiger partial charge in [0.05, 0.1) is 26.3 Å². The molecular weight excluding hydrogens is 456 g/mol. The van der Waals surface area contributed by atoms with Crippen LogP contribution < -0.4 is 21.3 Å². The van der Waals surface area contributed by atoms with Gasteiger partial charge in [-0.05, 0) is 37.6 Å². The molecule has 1 aromatic carbocycles. The number of amides is 3. The van der Waals surface area contributed by atoms with Crippen molar-refractivity contribution in [1.82, 2.24) is 15.5 Å². The summed E-state index contributed by atoms with van der Waals surface area (Å²) < 4.78 is 9.96. The second-order valence-electron chi connectivity index (χ2n) is 7.94. The van der Waals surface area contributed by atoms with Gasteiger partial charge < -0.3 is 35.6 Å². The van der Waals surface area contributed by atoms with Gasteiger partial charge in [0.25, 0.3) is 0 Å². The molecule has 5 N–H and O–H groups in total. The Kier molecular flexibility index (Phi) is 10.8. The third-order valence-electron chi connectivity index (χ3n) is 5.29. The van der Waals surface area contributed by atoms with Crippen LogP contribution in [0.2, 0.25) is 0 Å². The standard InChI is InChI=1S/C23H34N6O6/c1-3-5-12-35-23(33)27-18(22(32)34-4-2)13-26-19(30)14-29-11-10-28(15-20(29)31)17-8-6-16(7-9-17)21(24)25/h6-9,18H,3-5,10-15H2,1-2H3,(H3,24,25)(H,26,30)(H,27,33)/t18-/m0/s1. The molecule has 1 fully saturated rings. The molecule has 0 spiro atoms. The maximum Gasteiger partial charge on any atom is 0.407 e. The van der Waals surface area contributed by atoms with Gasteiger partial charge in [-0.3, -0.25) is 15.0 Å². The fourth-order valence-electron chi connectivity index (χ4n) is 3.32. The van der Waals surface area contributed by atoms with E-state index in [1.165, 1.54) is 4.90 Å². The van der Waals surface area contributed by atoms with E-state index < -0.39 is 24.0 Å². The Morgan fingerprint density at radius 1 is 1.14 bits per heavy atom. The molecule has 12 nitrogen and oxygen atoms in total. The predicted molar refractivity (Wildman–Crippen MR) is 129 cm³/mol. The van der Waals surface area contributed by atoms with Crippen molar-refractivity contribution < 1.29 is 28.7 Å². The van der Waals surface area contributed by atoms with E-state index in [0.29, 0.717) is 25.1 Å². The van der Waals surface area contributed by atoms with Crippen LogP contribution in [0.25, 0.3) is 0 Å². The van der Waals surface area contributed by atoms with Crippen molar-refractivity contribution >= 4 is 35.4 Å². The molecule has 0 saturated carbocycles. The molecule has 192 valence electrons. The summed E-state index contributed by atoms with van der Waals surface area (Å²) in [5.74, 6) is -1.41. The van der Waals surface area contributed by atoms with Crippen molar-refractivity contribution in [2.45, 2.75) is 32.7 Å². The third kappa shape index (κ3) is 8.80. The number of rotatable bonds is 12. The lowest BCUT2D eigenvalue weighted by molar-refractivity contribution is -0.145. The second kappa shape index (κ2) is 13.8. The molecule has 0 aliphatic carbocycles. The molecule has 1 aromatic rings. The Balaban J connectivity index is 1.85. The summed E-state index contributed by atoms with van der Waals surface area (Å²) in [6.07, 6.45) is 0.775. The third-order valence-corrected chi connectivity index (χ3v) is 5.29. The number of piperazine rings is 1. The Bertz CT molecular complexity index is 906. The number of amidine groups is 1. The van der Waals surface area contributed by atoms with E-state index in [9.17, 15) is 19.2 Å². The molecule has 0 aromatic heterocycles. The predicted octanol–water partition coefficient (Wildman–Crippen LogP) is 0.193. The van der Waals surface area contributed by atoms with Crippen molar-refractivity contribution in [2.24, 2.45) is 5.73 Å². The number of hydrogen-bond acceptors (Lipinski definition) is 8. The molecule has 0 radical (unpaired) electrons. The van der Waals surface area contributed by atoms with E-state index >= 15 is 0 Å². The van der Waals surface area contributed by atoms with Crippen LogP contribution in [0.4, 0.5) is 10.5 Å². The number of unbranched alkanes of at least 4 members (excludes halogenated alkanes) is 1. The first-order valence-electron chi connectivity index (χ1n) is 11.6. The average molecular weight is 491 g/mol. The minimum absolute atomic E-state index is 0.0303. The molecule has 1 saturated heterocycles. The lowest BCUT2D eigenvalue weighted by Crippen LogP contribution is -2.54. The van der Waals surface area contributed by atoms with E-state index in [0.717, 1.165) is 12.1 Å². The molecule has 1 aliphatic heterocycles. The zero-order valence-corrected chi connectivity index (χ0v) is 20.2. The summed E-state index contributed by atoms with van der Waals surface area (Å²) in [5, 5.41) is 12.4. The lowest BCUT2D eigenvalue weighted by atomic mass is 10.1. The van der Waals surface area contributed by atoms with Gasteiger partial charge in [0.2, 0.25) is 11.8 Å². The van der Waals surface area contributed by atoms with Crippen LogP contribution in [0.5, 0.6) is 0 Å². The molecule has 35 heavy (non-hydrogen) atoms. The van der Waals surface area contributed by atoms with Gasteiger partial charge in [0, 0.05) is 30.9 Å². The zero-order valence-electron chi connectivity index (χ0n) is 20.2. The zero-order chi connectivity index (χ0) is 25.8. The van der Waals surface area contributed by atoms with Gasteiger partial charge in [-0.15, -0.1) is 0 Å². The van der Waals surface area contributed by atoms with Crippen molar-refractivity contribution in [3.8, 4) is 0 Å². The number of nitrogens with one attached hydrogen (secondary N) is 3. The highest BCUT2D eigenvalue weighted by Crippen LogP contribution is 2.17. The van der Waals surface area contributed by atoms with Gasteiger partial charge in [-0.25, -0.2) is 9.59 Å². The van der Waals surface area contributed by atoms with Gasteiger partial charge in [-0.1, -0.05) is 13.3 Å². The number of hydrogen-bond donors (Lipinski definition) is 4. The summed E-state index contributed by atoms with van der Waals surface area (Å²) >= 11 is 0. The minimum atomic E-state index is -1.11. The van der Waals surface area contributed by atoms with Crippen LogP contribution in [0, 0.1) is 5.41 Å². The van der Waals surface area contributed by atoms with E-state index in [1.807, 2.05) is 11.8 Å². The maximum atomic E-state index is 12.6. The lowest BCUT2D eigenvalue weighted by Gasteiger charge is -2.35. The summed E-state index contributed by atoms with van der Waals surface area (Å²) in [6, 6.07) is 5.91. The number of benzene rings is 1. The topological polar surface area (TPSA) is 167 Å². The number of ether oxygens (including phenoxy) is 2. The first kappa shape index (κ1) is 27.4. The average Bonchev–Trinajstić information content (AvgIpc) is 2.83. The molecular formula is C23H34N6O6. The van der Waals surface area contributed by atoms with Crippen LogP contribution in [0.3, 0.4) is 0 Å².